The lowest BCUT2D eigenvalue weighted by Gasteiger charge is -2.57. The third kappa shape index (κ3) is 4.14. The zero-order chi connectivity index (χ0) is 22.6. The Morgan fingerprint density at radius 1 is 1.06 bits per heavy atom. The van der Waals surface area contributed by atoms with Crippen LogP contribution in [0, 0.1) is 5.41 Å². The molecule has 2 bridgehead atoms. The van der Waals surface area contributed by atoms with Crippen LogP contribution in [-0.4, -0.2) is 43.1 Å². The van der Waals surface area contributed by atoms with E-state index in [0.29, 0.717) is 17.6 Å². The Morgan fingerprint density at radius 3 is 2.26 bits per heavy atom. The number of carboxylic acid groups (broad SMARTS) is 1. The molecule has 0 unspecified atom stereocenters. The van der Waals surface area contributed by atoms with Gasteiger partial charge in [-0.05, 0) is 63.5 Å². The predicted octanol–water partition coefficient (Wildman–Crippen LogP) is 4.87. The van der Waals surface area contributed by atoms with Gasteiger partial charge in [0.1, 0.15) is 0 Å². The van der Waals surface area contributed by atoms with Crippen LogP contribution in [0.5, 0.6) is 0 Å². The Balaban J connectivity index is 1.75. The van der Waals surface area contributed by atoms with Crippen molar-refractivity contribution in [3.63, 3.8) is 0 Å². The molecule has 1 aromatic carbocycles. The summed E-state index contributed by atoms with van der Waals surface area (Å²) in [4.78, 5) is 31.8. The summed E-state index contributed by atoms with van der Waals surface area (Å²) in [6.07, 6.45) is 6.33. The van der Waals surface area contributed by atoms with Crippen LogP contribution < -0.4 is 5.56 Å². The van der Waals surface area contributed by atoms with Crippen molar-refractivity contribution in [3.8, 4) is 0 Å². The second-order valence-electron chi connectivity index (χ2n) is 11.3. The Hall–Kier alpha value is -2.21. The van der Waals surface area contributed by atoms with Crippen LogP contribution in [0.25, 0.3) is 11.0 Å². The molecule has 2 fully saturated rings. The predicted molar refractivity (Wildman–Crippen MR) is 123 cm³/mol. The van der Waals surface area contributed by atoms with E-state index < -0.39 is 11.5 Å². The van der Waals surface area contributed by atoms with Gasteiger partial charge in [0.2, 0.25) is 5.69 Å². The average molecular weight is 426 g/mol. The monoisotopic (exact) mass is 425 g/mol. The highest BCUT2D eigenvalue weighted by molar-refractivity contribution is 5.88. The van der Waals surface area contributed by atoms with Crippen molar-refractivity contribution in [1.82, 2.24) is 14.5 Å². The summed E-state index contributed by atoms with van der Waals surface area (Å²) in [5, 5.41) is 9.58. The molecule has 0 aliphatic carbocycles. The van der Waals surface area contributed by atoms with Crippen LogP contribution in [0.3, 0.4) is 0 Å². The van der Waals surface area contributed by atoms with Crippen molar-refractivity contribution in [2.75, 3.05) is 0 Å². The van der Waals surface area contributed by atoms with Crippen LogP contribution in [-0.2, 0) is 0 Å². The zero-order valence-corrected chi connectivity index (χ0v) is 19.4. The molecule has 2 aliphatic rings. The van der Waals surface area contributed by atoms with Gasteiger partial charge in [-0.3, -0.25) is 9.69 Å². The smallest absolute Gasteiger partial charge is 0.360 e. The van der Waals surface area contributed by atoms with Crippen LogP contribution in [0.15, 0.2) is 29.1 Å². The maximum Gasteiger partial charge on any atom is 0.360 e. The zero-order valence-electron chi connectivity index (χ0n) is 19.4. The second kappa shape index (κ2) is 7.73. The van der Waals surface area contributed by atoms with Crippen LogP contribution in [0.1, 0.15) is 89.7 Å². The Kier molecular flexibility index (Phi) is 5.49. The van der Waals surface area contributed by atoms with Gasteiger partial charge in [0, 0.05) is 23.7 Å². The van der Waals surface area contributed by atoms with Gasteiger partial charge in [-0.2, -0.15) is 0 Å². The van der Waals surface area contributed by atoms with Crippen molar-refractivity contribution in [1.29, 1.82) is 0 Å². The Bertz CT molecular complexity index is 1040. The van der Waals surface area contributed by atoms with Gasteiger partial charge in [0.05, 0.1) is 11.0 Å². The first kappa shape index (κ1) is 22.0. The van der Waals surface area contributed by atoms with Gasteiger partial charge in [0.15, 0.2) is 0 Å². The summed E-state index contributed by atoms with van der Waals surface area (Å²) in [5.41, 5.74) is 0.777. The number of rotatable bonds is 4. The molecule has 6 nitrogen and oxygen atoms in total. The third-order valence-electron chi connectivity index (χ3n) is 6.97. The highest BCUT2D eigenvalue weighted by Crippen LogP contribution is 2.45. The summed E-state index contributed by atoms with van der Waals surface area (Å²) in [6.45, 7) is 11.6. The molecule has 0 amide bonds. The van der Waals surface area contributed by atoms with Gasteiger partial charge in [-0.25, -0.2) is 9.78 Å². The van der Waals surface area contributed by atoms with E-state index >= 15 is 0 Å². The van der Waals surface area contributed by atoms with Crippen molar-refractivity contribution >= 4 is 17.0 Å². The molecule has 2 aliphatic heterocycles. The molecule has 3 heterocycles. The van der Waals surface area contributed by atoms with Crippen molar-refractivity contribution in [3.05, 3.63) is 40.3 Å². The minimum Gasteiger partial charge on any atom is -0.476 e. The first-order valence-electron chi connectivity index (χ1n) is 11.5. The van der Waals surface area contributed by atoms with Gasteiger partial charge >= 0.3 is 5.97 Å². The van der Waals surface area contributed by atoms with Crippen LogP contribution in [0.4, 0.5) is 0 Å². The van der Waals surface area contributed by atoms with Crippen LogP contribution >= 0.6 is 0 Å². The van der Waals surface area contributed by atoms with E-state index in [-0.39, 0.29) is 22.7 Å². The minimum atomic E-state index is -1.26. The van der Waals surface area contributed by atoms with Crippen LogP contribution in [0.2, 0.25) is 0 Å². The number of carboxylic acids is 1. The normalized spacial score (nSPS) is 25.0. The molecule has 3 atom stereocenters. The molecule has 2 saturated heterocycles. The molecule has 4 rings (SSSR count). The topological polar surface area (TPSA) is 75.4 Å². The Morgan fingerprint density at radius 2 is 1.68 bits per heavy atom. The summed E-state index contributed by atoms with van der Waals surface area (Å²) in [7, 11) is 0. The molecule has 168 valence electrons. The number of hydrogen-bond acceptors (Lipinski definition) is 4. The number of fused-ring (bicyclic) bond motifs is 3. The lowest BCUT2D eigenvalue weighted by molar-refractivity contribution is -0.0670. The molecular weight excluding hydrogens is 390 g/mol. The summed E-state index contributed by atoms with van der Waals surface area (Å²) >= 11 is 0. The number of para-hydroxylation sites is 2. The van der Waals surface area contributed by atoms with E-state index in [4.69, 9.17) is 0 Å². The molecule has 31 heavy (non-hydrogen) atoms. The molecule has 1 aromatic heterocycles. The van der Waals surface area contributed by atoms with E-state index in [0.717, 1.165) is 37.6 Å². The van der Waals surface area contributed by atoms with E-state index in [1.54, 1.807) is 10.6 Å². The summed E-state index contributed by atoms with van der Waals surface area (Å²) in [6, 6.07) is 8.21. The van der Waals surface area contributed by atoms with E-state index in [1.807, 2.05) is 18.2 Å². The molecule has 6 heteroatoms. The molecule has 2 aromatic rings. The fourth-order valence-electron chi connectivity index (χ4n) is 6.60. The minimum absolute atomic E-state index is 0.00418. The lowest BCUT2D eigenvalue weighted by Crippen LogP contribution is -2.61. The number of piperidine rings is 2. The van der Waals surface area contributed by atoms with Crippen molar-refractivity contribution in [2.45, 2.75) is 96.8 Å². The first-order valence-corrected chi connectivity index (χ1v) is 11.5. The lowest BCUT2D eigenvalue weighted by atomic mass is 9.74. The number of hydrogen-bond donors (Lipinski definition) is 1. The quantitative estimate of drug-likeness (QED) is 0.756. The standard InChI is InChI=1S/C25H35N3O3/c1-24(2,3)15-25(4,5)28-16-9-8-10-17(28)14-18(13-16)27-20-12-7-6-11-19(20)26-21(22(27)29)23(30)31/h6-7,11-12,16-18H,8-10,13-15H2,1-5H3,(H,30,31)/t16-,17+,18+. The summed E-state index contributed by atoms with van der Waals surface area (Å²) < 4.78 is 1.74. The molecule has 0 spiro atoms. The number of aromatic carboxylic acids is 1. The summed E-state index contributed by atoms with van der Waals surface area (Å²) in [5.74, 6) is -1.26. The SMILES string of the molecule is CC(C)(C)CC(C)(C)N1[C@@H]2CCC[C@H]1C[C@@H](n1c(=O)c(C(=O)O)nc3ccccc31)C2. The van der Waals surface area contributed by atoms with E-state index in [2.05, 4.69) is 44.5 Å². The number of benzene rings is 1. The molecule has 0 saturated carbocycles. The third-order valence-corrected chi connectivity index (χ3v) is 6.97. The maximum atomic E-state index is 13.2. The number of carbonyl (C=O) groups is 1. The van der Waals surface area contributed by atoms with Crippen molar-refractivity contribution < 1.29 is 9.90 Å². The van der Waals surface area contributed by atoms with Gasteiger partial charge < -0.3 is 9.67 Å². The molecule has 0 radical (unpaired) electrons. The number of nitrogens with zero attached hydrogens (tertiary/aromatic N) is 3. The van der Waals surface area contributed by atoms with E-state index in [9.17, 15) is 14.7 Å². The second-order valence-corrected chi connectivity index (χ2v) is 11.3. The fraction of sp³-hybridized carbons (Fsp3) is 0.640. The largest absolute Gasteiger partial charge is 0.476 e. The van der Waals surface area contributed by atoms with Gasteiger partial charge in [-0.15, -0.1) is 0 Å². The highest BCUT2D eigenvalue weighted by Gasteiger charge is 2.46. The van der Waals surface area contributed by atoms with Gasteiger partial charge in [-0.1, -0.05) is 39.3 Å². The molecule has 1 N–H and O–H groups in total. The maximum absolute atomic E-state index is 13.2. The average Bonchev–Trinajstić information content (AvgIpc) is 2.64. The number of aromatic nitrogens is 2. The first-order chi connectivity index (χ1) is 14.5. The van der Waals surface area contributed by atoms with Crippen molar-refractivity contribution in [2.24, 2.45) is 5.41 Å². The highest BCUT2D eigenvalue weighted by atomic mass is 16.4. The fourth-order valence-corrected chi connectivity index (χ4v) is 6.60. The van der Waals surface area contributed by atoms with Gasteiger partial charge in [0.25, 0.3) is 5.56 Å². The van der Waals surface area contributed by atoms with E-state index in [1.165, 1.54) is 6.42 Å². The Labute approximate surface area is 184 Å². The molecular formula is C25H35N3O3.